The minimum Gasteiger partial charge on any atom is -0.311 e. The second-order valence-corrected chi connectivity index (χ2v) is 22.4. The molecule has 2 heterocycles. The minimum absolute atomic E-state index is 0.967. The molecule has 0 bridgehead atoms. The van der Waals surface area contributed by atoms with Gasteiger partial charge in [0.15, 0.2) is 0 Å². The van der Waals surface area contributed by atoms with Gasteiger partial charge in [-0.15, -0.1) is 0 Å². The lowest BCUT2D eigenvalue weighted by atomic mass is 10.0. The van der Waals surface area contributed by atoms with Gasteiger partial charge in [0.1, 0.15) is 0 Å². The zero-order chi connectivity index (χ0) is 53.5. The zero-order valence-electron chi connectivity index (χ0n) is 43.1. The molecule has 380 valence electrons. The Morgan fingerprint density at radius 3 is 0.975 bits per heavy atom. The van der Waals surface area contributed by atoms with E-state index >= 15 is 0 Å². The summed E-state index contributed by atoms with van der Waals surface area (Å²) in [7, 11) is 0. The van der Waals surface area contributed by atoms with E-state index in [1.807, 2.05) is 0 Å². The number of hydrogen-bond acceptors (Lipinski definition) is 1. The summed E-state index contributed by atoms with van der Waals surface area (Å²) in [4.78, 5) is 2.31. The van der Waals surface area contributed by atoms with Crippen molar-refractivity contribution in [3.05, 3.63) is 327 Å². The first-order valence-corrected chi connectivity index (χ1v) is 29.0. The average Bonchev–Trinajstić information content (AvgIpc) is 4.27. The predicted octanol–water partition coefficient (Wildman–Crippen LogP) is 21.8. The van der Waals surface area contributed by atoms with Crippen LogP contribution in [0.25, 0.3) is 77.2 Å². The van der Waals surface area contributed by atoms with Crippen LogP contribution < -0.4 is 4.90 Å². The Balaban J connectivity index is 0.000000133. The molecule has 0 aliphatic heterocycles. The van der Waals surface area contributed by atoms with Crippen LogP contribution in [0.5, 0.6) is 0 Å². The van der Waals surface area contributed by atoms with Crippen LogP contribution in [0.1, 0.15) is 11.1 Å². The molecule has 0 saturated carbocycles. The molecule has 0 saturated heterocycles. The number of rotatable bonds is 9. The molecule has 0 atom stereocenters. The largest absolute Gasteiger partial charge is 0.311 e. The average molecular weight is 1260 g/mol. The molecule has 2 aromatic heterocycles. The van der Waals surface area contributed by atoms with Crippen LogP contribution >= 0.6 is 54.5 Å². The van der Waals surface area contributed by atoms with E-state index in [2.05, 4.69) is 372 Å². The molecule has 0 radical (unpaired) electrons. The van der Waals surface area contributed by atoms with E-state index in [9.17, 15) is 0 Å². The monoisotopic (exact) mass is 1260 g/mol. The third kappa shape index (κ3) is 11.4. The summed E-state index contributed by atoms with van der Waals surface area (Å²) < 4.78 is 8.18. The molecule has 0 spiro atoms. The Morgan fingerprint density at radius 1 is 0.278 bits per heavy atom. The predicted molar refractivity (Wildman–Crippen MR) is 351 cm³/mol. The van der Waals surface area contributed by atoms with Gasteiger partial charge in [-0.25, -0.2) is 0 Å². The van der Waals surface area contributed by atoms with Gasteiger partial charge >= 0.3 is 0 Å². The van der Waals surface area contributed by atoms with Crippen LogP contribution in [0.2, 0.25) is 0 Å². The van der Waals surface area contributed by atoms with E-state index < -0.39 is 0 Å². The SMILES string of the molecule is Brc1ccc(-c2ccc(I)cc2)cc1.Brc1ccc(-c2ccc(N(c3ccccc3)c3ccc(-n4c5ccccc5c5ccccc54)cc3)cc2)cc1.c1ccc(Cc2ccc(-n3c4ccccc4c4ccccc43)cc2)cc1. The van der Waals surface area contributed by atoms with Crippen molar-refractivity contribution in [1.29, 1.82) is 0 Å². The Labute approximate surface area is 492 Å². The van der Waals surface area contributed by atoms with Crippen LogP contribution in [0.3, 0.4) is 0 Å². The second-order valence-electron chi connectivity index (χ2n) is 19.3. The van der Waals surface area contributed by atoms with E-state index in [0.717, 1.165) is 38.1 Å². The number of fused-ring (bicyclic) bond motifs is 6. The van der Waals surface area contributed by atoms with Crippen molar-refractivity contribution < 1.29 is 0 Å². The zero-order valence-corrected chi connectivity index (χ0v) is 48.4. The van der Waals surface area contributed by atoms with Gasteiger partial charge in [-0.2, -0.15) is 0 Å². The van der Waals surface area contributed by atoms with Crippen LogP contribution in [-0.4, -0.2) is 9.13 Å². The number of para-hydroxylation sites is 5. The first-order chi connectivity index (χ1) is 38.9. The maximum absolute atomic E-state index is 3.53. The molecule has 0 aliphatic rings. The van der Waals surface area contributed by atoms with Crippen molar-refractivity contribution in [3.8, 4) is 33.6 Å². The van der Waals surface area contributed by atoms with Gasteiger partial charge < -0.3 is 14.0 Å². The van der Waals surface area contributed by atoms with E-state index in [1.165, 1.54) is 86.2 Å². The van der Waals surface area contributed by atoms with Gasteiger partial charge in [-0.05, 0) is 184 Å². The van der Waals surface area contributed by atoms with Gasteiger partial charge in [0.2, 0.25) is 0 Å². The molecule has 3 nitrogen and oxygen atoms in total. The maximum Gasteiger partial charge on any atom is 0.0541 e. The highest BCUT2D eigenvalue weighted by atomic mass is 127. The van der Waals surface area contributed by atoms with E-state index in [0.29, 0.717) is 0 Å². The quantitative estimate of drug-likeness (QED) is 0.131. The molecule has 0 fully saturated rings. The Bertz CT molecular complexity index is 4160. The summed E-state index contributed by atoms with van der Waals surface area (Å²) in [5.74, 6) is 0. The number of benzene rings is 12. The standard InChI is InChI=1S/C36H25BrN2.C25H19N.C12H8BrI/c37-28-18-14-26(15-19-28)27-16-20-30(21-17-27)38(29-8-2-1-3-9-29)31-22-24-32(25-23-31)39-35-12-6-4-10-33(35)34-11-5-7-13-36(34)39;1-2-8-19(9-3-1)18-20-14-16-21(17-15-20)26-24-12-6-4-10-22(24)23-11-5-7-13-25(23)26;13-11-5-1-9(2-6-11)10-3-7-12(14)8-4-10/h1-25H;1-17H,18H2;1-8H. The van der Waals surface area contributed by atoms with Crippen molar-refractivity contribution in [2.75, 3.05) is 4.90 Å². The van der Waals surface area contributed by atoms with Crippen LogP contribution in [-0.2, 0) is 6.42 Å². The van der Waals surface area contributed by atoms with E-state index in [1.54, 1.807) is 0 Å². The fraction of sp³-hybridized carbons (Fsp3) is 0.0137. The van der Waals surface area contributed by atoms with E-state index in [-0.39, 0.29) is 0 Å². The number of anilines is 3. The number of halogens is 3. The summed E-state index contributed by atoms with van der Waals surface area (Å²) in [6.45, 7) is 0. The molecule has 12 aromatic carbocycles. The minimum atomic E-state index is 0.967. The topological polar surface area (TPSA) is 13.1 Å². The third-order valence-corrected chi connectivity index (χ3v) is 16.1. The first kappa shape index (κ1) is 51.5. The Hall–Kier alpha value is -8.27. The van der Waals surface area contributed by atoms with Gasteiger partial charge in [0.05, 0.1) is 22.1 Å². The third-order valence-electron chi connectivity index (χ3n) is 14.3. The van der Waals surface area contributed by atoms with Gasteiger partial charge in [-0.1, -0.05) is 214 Å². The molecule has 0 aliphatic carbocycles. The number of aromatic nitrogens is 2. The highest BCUT2D eigenvalue weighted by molar-refractivity contribution is 14.1. The van der Waals surface area contributed by atoms with Crippen molar-refractivity contribution >= 4 is 115 Å². The summed E-state index contributed by atoms with van der Waals surface area (Å²) in [5.41, 5.74) is 18.2. The number of nitrogens with zero attached hydrogens (tertiary/aromatic N) is 3. The molecular formula is C73H52Br2IN3. The van der Waals surface area contributed by atoms with Crippen molar-refractivity contribution in [3.63, 3.8) is 0 Å². The summed E-state index contributed by atoms with van der Waals surface area (Å²) >= 11 is 9.28. The highest BCUT2D eigenvalue weighted by Crippen LogP contribution is 2.38. The normalized spacial score (nSPS) is 11.0. The molecule has 0 amide bonds. The van der Waals surface area contributed by atoms with Crippen molar-refractivity contribution in [2.45, 2.75) is 6.42 Å². The summed E-state index contributed by atoms with van der Waals surface area (Å²) in [6, 6.07) is 108. The van der Waals surface area contributed by atoms with Crippen molar-refractivity contribution in [1.82, 2.24) is 9.13 Å². The molecular weight excluding hydrogens is 1210 g/mol. The van der Waals surface area contributed by atoms with Crippen molar-refractivity contribution in [2.24, 2.45) is 0 Å². The molecule has 0 N–H and O–H groups in total. The fourth-order valence-corrected chi connectivity index (χ4v) is 11.4. The second kappa shape index (κ2) is 23.8. The smallest absolute Gasteiger partial charge is 0.0541 e. The van der Waals surface area contributed by atoms with Crippen LogP contribution in [0.4, 0.5) is 17.1 Å². The Kier molecular flexibility index (Phi) is 15.5. The van der Waals surface area contributed by atoms with E-state index in [4.69, 9.17) is 0 Å². The summed E-state index contributed by atoms with van der Waals surface area (Å²) in [6.07, 6.45) is 0.967. The Morgan fingerprint density at radius 2 is 0.570 bits per heavy atom. The lowest BCUT2D eigenvalue weighted by Crippen LogP contribution is -2.10. The van der Waals surface area contributed by atoms with Gasteiger partial charge in [0.25, 0.3) is 0 Å². The summed E-state index contributed by atoms with van der Waals surface area (Å²) in [5, 5.41) is 5.15. The first-order valence-electron chi connectivity index (χ1n) is 26.3. The molecule has 14 aromatic rings. The molecule has 79 heavy (non-hydrogen) atoms. The molecule has 6 heteroatoms. The van der Waals surface area contributed by atoms with Crippen LogP contribution in [0, 0.1) is 3.57 Å². The highest BCUT2D eigenvalue weighted by Gasteiger charge is 2.16. The maximum atomic E-state index is 3.53. The molecule has 14 rings (SSSR count). The molecule has 0 unspecified atom stereocenters. The number of hydrogen-bond donors (Lipinski definition) is 0. The van der Waals surface area contributed by atoms with Crippen LogP contribution in [0.15, 0.2) is 312 Å². The lowest BCUT2D eigenvalue weighted by Gasteiger charge is -2.26. The fourth-order valence-electron chi connectivity index (χ4n) is 10.5. The lowest BCUT2D eigenvalue weighted by molar-refractivity contribution is 1.15. The van der Waals surface area contributed by atoms with Gasteiger partial charge in [0, 0.05) is 62.5 Å². The van der Waals surface area contributed by atoms with Gasteiger partial charge in [-0.3, -0.25) is 0 Å².